The monoisotopic (exact) mass is 742 g/mol. The molecule has 2 aliphatic rings. The Morgan fingerprint density at radius 1 is 0.362 bits per heavy atom. The molecule has 58 heavy (non-hydrogen) atoms. The molecule has 1 aromatic heterocycles. The Bertz CT molecular complexity index is 3340. The molecular weight excluding hydrogens is 701 g/mol. The second-order valence-corrected chi connectivity index (χ2v) is 17.3. The Morgan fingerprint density at radius 2 is 0.845 bits per heavy atom. The smallest absolute Gasteiger partial charge is 0.0625 e. The maximum absolute atomic E-state index is 2.52. The molecule has 0 amide bonds. The van der Waals surface area contributed by atoms with E-state index in [1.54, 1.807) is 0 Å². The van der Waals surface area contributed by atoms with Gasteiger partial charge in [-0.05, 0) is 115 Å². The molecule has 2 aliphatic carbocycles. The van der Waals surface area contributed by atoms with Gasteiger partial charge in [0.1, 0.15) is 0 Å². The van der Waals surface area contributed by atoms with Crippen LogP contribution < -0.4 is 4.90 Å². The molecule has 0 spiro atoms. The third kappa shape index (κ3) is 4.43. The lowest BCUT2D eigenvalue weighted by atomic mass is 9.82. The van der Waals surface area contributed by atoms with Crippen LogP contribution in [-0.4, -0.2) is 4.57 Å². The fraction of sp³-hybridized carbons (Fsp3) is 0.107. The highest BCUT2D eigenvalue weighted by Crippen LogP contribution is 2.54. The van der Waals surface area contributed by atoms with Crippen LogP contribution in [0.2, 0.25) is 0 Å². The third-order valence-corrected chi connectivity index (χ3v) is 13.5. The molecule has 12 rings (SSSR count). The lowest BCUT2D eigenvalue weighted by Crippen LogP contribution is -2.18. The Morgan fingerprint density at radius 3 is 1.53 bits per heavy atom. The van der Waals surface area contributed by atoms with Gasteiger partial charge in [0, 0.05) is 49.7 Å². The molecule has 2 heteroatoms. The fourth-order valence-electron chi connectivity index (χ4n) is 10.7. The molecule has 10 aromatic rings. The topological polar surface area (TPSA) is 8.17 Å². The number of rotatable bonds is 4. The highest BCUT2D eigenvalue weighted by molar-refractivity contribution is 6.32. The number of fused-ring (bicyclic) bond motifs is 14. The summed E-state index contributed by atoms with van der Waals surface area (Å²) in [6, 6.07) is 67.9. The van der Waals surface area contributed by atoms with E-state index in [1.807, 2.05) is 0 Å². The molecular formula is C56H42N2. The van der Waals surface area contributed by atoms with Crippen molar-refractivity contribution in [3.63, 3.8) is 0 Å². The quantitative estimate of drug-likeness (QED) is 0.163. The van der Waals surface area contributed by atoms with Crippen molar-refractivity contribution in [2.24, 2.45) is 0 Å². The molecule has 0 atom stereocenters. The number of anilines is 3. The summed E-state index contributed by atoms with van der Waals surface area (Å²) in [4.78, 5) is 2.44. The summed E-state index contributed by atoms with van der Waals surface area (Å²) in [6.07, 6.45) is 0. The first-order valence-electron chi connectivity index (χ1n) is 20.5. The Hall–Kier alpha value is -6.90. The van der Waals surface area contributed by atoms with E-state index in [0.29, 0.717) is 0 Å². The number of hydrogen-bond acceptors (Lipinski definition) is 1. The minimum absolute atomic E-state index is 0.0840. The summed E-state index contributed by atoms with van der Waals surface area (Å²) in [5, 5.41) is 7.76. The van der Waals surface area contributed by atoms with E-state index >= 15 is 0 Å². The van der Waals surface area contributed by atoms with Gasteiger partial charge in [-0.25, -0.2) is 0 Å². The SMILES string of the molecule is CC1(C)c2ccccc2-c2ccc(N(c3ccccc3)c3ccc4c(c3)C(C)(C)c3cc(-n5c6ccccc6c6c7ccccc7c7ccccc7c65)ccc3-4)cc21. The number of aromatic nitrogens is 1. The summed E-state index contributed by atoms with van der Waals surface area (Å²) in [5.41, 5.74) is 17.7. The molecule has 9 aromatic carbocycles. The molecule has 0 radical (unpaired) electrons. The van der Waals surface area contributed by atoms with Crippen LogP contribution in [0.4, 0.5) is 17.1 Å². The van der Waals surface area contributed by atoms with Crippen LogP contribution in [0.15, 0.2) is 182 Å². The van der Waals surface area contributed by atoms with E-state index in [9.17, 15) is 0 Å². The van der Waals surface area contributed by atoms with Crippen LogP contribution in [0.25, 0.3) is 71.3 Å². The Balaban J connectivity index is 1.02. The van der Waals surface area contributed by atoms with Crippen LogP contribution in [0, 0.1) is 0 Å². The zero-order valence-electron chi connectivity index (χ0n) is 33.2. The summed E-state index contributed by atoms with van der Waals surface area (Å²) in [6.45, 7) is 9.54. The van der Waals surface area contributed by atoms with Gasteiger partial charge in [0.2, 0.25) is 0 Å². The minimum Gasteiger partial charge on any atom is -0.310 e. The van der Waals surface area contributed by atoms with E-state index < -0.39 is 0 Å². The summed E-state index contributed by atoms with van der Waals surface area (Å²) < 4.78 is 2.52. The van der Waals surface area contributed by atoms with Crippen molar-refractivity contribution in [3.05, 3.63) is 204 Å². The Kier molecular flexibility index (Phi) is 6.78. The molecule has 0 bridgehead atoms. The number of para-hydroxylation sites is 2. The molecule has 2 nitrogen and oxygen atoms in total. The standard InChI is InChI=1S/C56H42N2/c1-55(2)48-24-14-12-20-41(48)42-29-26-36(32-49(42)55)57(35-16-6-5-7-17-35)37-27-30-43-44-31-28-38(34-51(44)56(3,4)50(43)33-37)58-52-25-15-13-23-47(52)53-45-21-10-8-18-39(45)40-19-9-11-22-46(40)54(53)58/h5-34H,1-4H3. The lowest BCUT2D eigenvalue weighted by Gasteiger charge is -2.29. The average Bonchev–Trinajstić information content (AvgIpc) is 3.81. The third-order valence-electron chi connectivity index (χ3n) is 13.5. The number of hydrogen-bond donors (Lipinski definition) is 0. The highest BCUT2D eigenvalue weighted by Gasteiger charge is 2.38. The van der Waals surface area contributed by atoms with Gasteiger partial charge in [-0.15, -0.1) is 0 Å². The molecule has 0 saturated carbocycles. The second-order valence-electron chi connectivity index (χ2n) is 17.3. The van der Waals surface area contributed by atoms with Gasteiger partial charge < -0.3 is 9.47 Å². The van der Waals surface area contributed by atoms with E-state index in [-0.39, 0.29) is 10.8 Å². The highest BCUT2D eigenvalue weighted by atomic mass is 15.1. The molecule has 0 aliphatic heterocycles. The average molecular weight is 743 g/mol. The van der Waals surface area contributed by atoms with Gasteiger partial charge in [-0.3, -0.25) is 0 Å². The maximum atomic E-state index is 2.52. The summed E-state index contributed by atoms with van der Waals surface area (Å²) >= 11 is 0. The number of nitrogens with zero attached hydrogens (tertiary/aromatic N) is 2. The van der Waals surface area contributed by atoms with Gasteiger partial charge in [0.25, 0.3) is 0 Å². The van der Waals surface area contributed by atoms with E-state index in [4.69, 9.17) is 0 Å². The zero-order valence-corrected chi connectivity index (χ0v) is 33.2. The van der Waals surface area contributed by atoms with Crippen LogP contribution in [0.5, 0.6) is 0 Å². The van der Waals surface area contributed by atoms with Crippen molar-refractivity contribution in [2.75, 3.05) is 4.90 Å². The van der Waals surface area contributed by atoms with Crippen molar-refractivity contribution in [1.82, 2.24) is 4.57 Å². The number of benzene rings is 9. The van der Waals surface area contributed by atoms with Crippen LogP contribution in [0.3, 0.4) is 0 Å². The summed E-state index contributed by atoms with van der Waals surface area (Å²) in [7, 11) is 0. The van der Waals surface area contributed by atoms with E-state index in [0.717, 1.165) is 5.69 Å². The van der Waals surface area contributed by atoms with Crippen LogP contribution >= 0.6 is 0 Å². The van der Waals surface area contributed by atoms with Crippen molar-refractivity contribution in [3.8, 4) is 27.9 Å². The Labute approximate surface area is 339 Å². The molecule has 276 valence electrons. The van der Waals surface area contributed by atoms with Crippen molar-refractivity contribution >= 4 is 60.4 Å². The molecule has 0 N–H and O–H groups in total. The molecule has 0 saturated heterocycles. The van der Waals surface area contributed by atoms with Gasteiger partial charge >= 0.3 is 0 Å². The fourth-order valence-corrected chi connectivity index (χ4v) is 10.7. The first kappa shape index (κ1) is 33.3. The van der Waals surface area contributed by atoms with Gasteiger partial charge in [-0.1, -0.05) is 155 Å². The zero-order chi connectivity index (χ0) is 38.9. The predicted octanol–water partition coefficient (Wildman–Crippen LogP) is 15.2. The molecule has 0 unspecified atom stereocenters. The predicted molar refractivity (Wildman–Crippen MR) is 246 cm³/mol. The largest absolute Gasteiger partial charge is 0.310 e. The maximum Gasteiger partial charge on any atom is 0.0625 e. The van der Waals surface area contributed by atoms with E-state index in [2.05, 4.69) is 219 Å². The van der Waals surface area contributed by atoms with Gasteiger partial charge in [0.15, 0.2) is 0 Å². The van der Waals surface area contributed by atoms with Gasteiger partial charge in [-0.2, -0.15) is 0 Å². The minimum atomic E-state index is -0.228. The van der Waals surface area contributed by atoms with Crippen molar-refractivity contribution in [2.45, 2.75) is 38.5 Å². The van der Waals surface area contributed by atoms with Crippen molar-refractivity contribution < 1.29 is 0 Å². The molecule has 1 heterocycles. The van der Waals surface area contributed by atoms with Gasteiger partial charge in [0.05, 0.1) is 11.0 Å². The van der Waals surface area contributed by atoms with Crippen molar-refractivity contribution in [1.29, 1.82) is 0 Å². The lowest BCUT2D eigenvalue weighted by molar-refractivity contribution is 0.659. The first-order valence-corrected chi connectivity index (χ1v) is 20.5. The van der Waals surface area contributed by atoms with Crippen LogP contribution in [0.1, 0.15) is 49.9 Å². The van der Waals surface area contributed by atoms with E-state index in [1.165, 1.54) is 105 Å². The van der Waals surface area contributed by atoms with Crippen LogP contribution in [-0.2, 0) is 10.8 Å². The molecule has 0 fully saturated rings. The normalized spacial score (nSPS) is 14.5. The summed E-state index contributed by atoms with van der Waals surface area (Å²) in [5.74, 6) is 0. The first-order chi connectivity index (χ1) is 28.3. The second kappa shape index (κ2) is 11.8.